The molecule has 1 aromatic heterocycles. The molecular weight excluding hydrogens is 226 g/mol. The van der Waals surface area contributed by atoms with Crippen molar-refractivity contribution in [2.75, 3.05) is 11.9 Å². The largest absolute Gasteiger partial charge is 0.394 e. The first-order valence-electron chi connectivity index (χ1n) is 5.71. The molecule has 0 bridgehead atoms. The van der Waals surface area contributed by atoms with Gasteiger partial charge in [0, 0.05) is 12.1 Å². The van der Waals surface area contributed by atoms with E-state index in [1.807, 2.05) is 17.7 Å². The van der Waals surface area contributed by atoms with Gasteiger partial charge in [-0.1, -0.05) is 12.8 Å². The van der Waals surface area contributed by atoms with Crippen molar-refractivity contribution in [3.8, 4) is 0 Å². The van der Waals surface area contributed by atoms with Crippen LogP contribution in [0.4, 0.5) is 5.82 Å². The average Bonchev–Trinajstić information content (AvgIpc) is 2.78. The fourth-order valence-corrected chi connectivity index (χ4v) is 2.21. The van der Waals surface area contributed by atoms with Gasteiger partial charge in [0.2, 0.25) is 0 Å². The van der Waals surface area contributed by atoms with Crippen molar-refractivity contribution in [3.63, 3.8) is 0 Å². The van der Waals surface area contributed by atoms with Gasteiger partial charge in [0.25, 0.3) is 0 Å². The summed E-state index contributed by atoms with van der Waals surface area (Å²) in [6.07, 6.45) is 5.16. The van der Waals surface area contributed by atoms with Crippen molar-refractivity contribution in [1.82, 2.24) is 9.78 Å². The van der Waals surface area contributed by atoms with Crippen molar-refractivity contribution < 1.29 is 5.11 Å². The third kappa shape index (κ3) is 3.12. The minimum absolute atomic E-state index is 0. The van der Waals surface area contributed by atoms with Crippen molar-refractivity contribution >= 4 is 18.2 Å². The second-order valence-corrected chi connectivity index (χ2v) is 4.24. The Hall–Kier alpha value is -0.740. The molecule has 0 aliphatic heterocycles. The topological polar surface area (TPSA) is 50.1 Å². The highest BCUT2D eigenvalue weighted by atomic mass is 35.5. The zero-order valence-corrected chi connectivity index (χ0v) is 10.5. The highest BCUT2D eigenvalue weighted by molar-refractivity contribution is 5.85. The monoisotopic (exact) mass is 245 g/mol. The smallest absolute Gasteiger partial charge is 0.124 e. The minimum atomic E-state index is 0. The van der Waals surface area contributed by atoms with Crippen LogP contribution in [0.3, 0.4) is 0 Å². The lowest BCUT2D eigenvalue weighted by Crippen LogP contribution is -2.18. The normalized spacial score (nSPS) is 16.1. The fourth-order valence-electron chi connectivity index (χ4n) is 2.21. The van der Waals surface area contributed by atoms with Gasteiger partial charge in [0.1, 0.15) is 5.82 Å². The van der Waals surface area contributed by atoms with Crippen LogP contribution in [0.15, 0.2) is 6.07 Å². The van der Waals surface area contributed by atoms with Gasteiger partial charge in [-0.25, -0.2) is 4.68 Å². The average molecular weight is 246 g/mol. The number of aromatic nitrogens is 2. The number of aliphatic hydroxyl groups excluding tert-OH is 1. The quantitative estimate of drug-likeness (QED) is 0.853. The molecule has 0 spiro atoms. The lowest BCUT2D eigenvalue weighted by molar-refractivity contribution is 0.270. The summed E-state index contributed by atoms with van der Waals surface area (Å²) in [5.41, 5.74) is 1.00. The van der Waals surface area contributed by atoms with Crippen LogP contribution in [0, 0.1) is 6.92 Å². The fraction of sp³-hybridized carbons (Fsp3) is 0.727. The molecule has 1 aliphatic carbocycles. The summed E-state index contributed by atoms with van der Waals surface area (Å²) >= 11 is 0. The molecule has 1 fully saturated rings. The Balaban J connectivity index is 0.00000128. The Morgan fingerprint density at radius 2 is 2.19 bits per heavy atom. The van der Waals surface area contributed by atoms with Gasteiger partial charge in [0.15, 0.2) is 0 Å². The van der Waals surface area contributed by atoms with E-state index in [-0.39, 0.29) is 19.0 Å². The number of anilines is 1. The Bertz CT molecular complexity index is 321. The van der Waals surface area contributed by atoms with Crippen molar-refractivity contribution in [1.29, 1.82) is 0 Å². The Morgan fingerprint density at radius 1 is 1.50 bits per heavy atom. The number of halogens is 1. The van der Waals surface area contributed by atoms with Gasteiger partial charge in [-0.05, 0) is 19.8 Å². The molecule has 0 amide bonds. The van der Waals surface area contributed by atoms with Crippen LogP contribution in [-0.4, -0.2) is 27.5 Å². The summed E-state index contributed by atoms with van der Waals surface area (Å²) in [5, 5.41) is 16.8. The predicted octanol–water partition coefficient (Wildman–Crippen LogP) is 1.96. The highest BCUT2D eigenvalue weighted by Gasteiger charge is 2.16. The Morgan fingerprint density at radius 3 is 2.81 bits per heavy atom. The van der Waals surface area contributed by atoms with Gasteiger partial charge in [-0.15, -0.1) is 12.4 Å². The minimum Gasteiger partial charge on any atom is -0.394 e. The second-order valence-electron chi connectivity index (χ2n) is 4.24. The van der Waals surface area contributed by atoms with Crippen LogP contribution in [0.2, 0.25) is 0 Å². The molecule has 0 saturated heterocycles. The lowest BCUT2D eigenvalue weighted by Gasteiger charge is -2.14. The molecule has 1 saturated carbocycles. The molecule has 2 N–H and O–H groups in total. The van der Waals surface area contributed by atoms with E-state index in [4.69, 9.17) is 5.11 Å². The van der Waals surface area contributed by atoms with Crippen LogP contribution >= 0.6 is 12.4 Å². The van der Waals surface area contributed by atoms with E-state index in [1.165, 1.54) is 25.7 Å². The van der Waals surface area contributed by atoms with Gasteiger partial charge < -0.3 is 10.4 Å². The van der Waals surface area contributed by atoms with E-state index in [9.17, 15) is 0 Å². The molecule has 1 heterocycles. The maximum absolute atomic E-state index is 8.93. The van der Waals surface area contributed by atoms with Crippen LogP contribution in [0.5, 0.6) is 0 Å². The molecule has 16 heavy (non-hydrogen) atoms. The van der Waals surface area contributed by atoms with Crippen molar-refractivity contribution in [2.24, 2.45) is 0 Å². The third-order valence-corrected chi connectivity index (χ3v) is 2.92. The summed E-state index contributed by atoms with van der Waals surface area (Å²) < 4.78 is 1.85. The number of aliphatic hydroxyl groups is 1. The number of hydrogen-bond acceptors (Lipinski definition) is 3. The zero-order valence-electron chi connectivity index (χ0n) is 9.65. The summed E-state index contributed by atoms with van der Waals surface area (Å²) in [5.74, 6) is 1.05. The first-order valence-corrected chi connectivity index (χ1v) is 5.71. The molecule has 2 rings (SSSR count). The van der Waals surface area contributed by atoms with Gasteiger partial charge in [0.05, 0.1) is 18.8 Å². The van der Waals surface area contributed by atoms with E-state index in [0.717, 1.165) is 11.5 Å². The number of nitrogens with zero attached hydrogens (tertiary/aromatic N) is 2. The second kappa shape index (κ2) is 6.11. The molecule has 92 valence electrons. The molecule has 4 nitrogen and oxygen atoms in total. The van der Waals surface area contributed by atoms with Crippen LogP contribution in [-0.2, 0) is 6.54 Å². The molecule has 0 unspecified atom stereocenters. The summed E-state index contributed by atoms with van der Waals surface area (Å²) in [7, 11) is 0. The van der Waals surface area contributed by atoms with Gasteiger partial charge in [-0.3, -0.25) is 0 Å². The SMILES string of the molecule is Cc1cc(NC2CCCC2)n(CCO)n1.Cl. The van der Waals surface area contributed by atoms with E-state index < -0.39 is 0 Å². The van der Waals surface area contributed by atoms with E-state index in [2.05, 4.69) is 10.4 Å². The predicted molar refractivity (Wildman–Crippen MR) is 67.2 cm³/mol. The maximum Gasteiger partial charge on any atom is 0.124 e. The van der Waals surface area contributed by atoms with Crippen LogP contribution in [0.1, 0.15) is 31.4 Å². The van der Waals surface area contributed by atoms with E-state index >= 15 is 0 Å². The first-order chi connectivity index (χ1) is 7.29. The number of aryl methyl sites for hydroxylation is 1. The molecule has 0 radical (unpaired) electrons. The molecule has 1 aliphatic rings. The number of nitrogens with one attached hydrogen (secondary N) is 1. The molecule has 0 aromatic carbocycles. The number of rotatable bonds is 4. The van der Waals surface area contributed by atoms with Crippen LogP contribution < -0.4 is 5.32 Å². The number of hydrogen-bond donors (Lipinski definition) is 2. The molecule has 5 heteroatoms. The van der Waals surface area contributed by atoms with Crippen LogP contribution in [0.25, 0.3) is 0 Å². The highest BCUT2D eigenvalue weighted by Crippen LogP contribution is 2.22. The summed E-state index contributed by atoms with van der Waals surface area (Å²) in [4.78, 5) is 0. The standard InChI is InChI=1S/C11H19N3O.ClH/c1-9-8-11(14(13-9)6-7-15)12-10-4-2-3-5-10;/h8,10,12,15H,2-7H2,1H3;1H. The van der Waals surface area contributed by atoms with E-state index in [1.54, 1.807) is 0 Å². The van der Waals surface area contributed by atoms with Gasteiger partial charge >= 0.3 is 0 Å². The maximum atomic E-state index is 8.93. The summed E-state index contributed by atoms with van der Waals surface area (Å²) in [6.45, 7) is 2.69. The Kier molecular flexibility index (Phi) is 5.09. The third-order valence-electron chi connectivity index (χ3n) is 2.92. The molecule has 1 aromatic rings. The lowest BCUT2D eigenvalue weighted by atomic mass is 10.2. The van der Waals surface area contributed by atoms with Crippen molar-refractivity contribution in [2.45, 2.75) is 45.2 Å². The first kappa shape index (κ1) is 13.3. The van der Waals surface area contributed by atoms with E-state index in [0.29, 0.717) is 12.6 Å². The van der Waals surface area contributed by atoms with Gasteiger partial charge in [-0.2, -0.15) is 5.10 Å². The molecular formula is C11H20ClN3O. The van der Waals surface area contributed by atoms with Crippen molar-refractivity contribution in [3.05, 3.63) is 11.8 Å². The summed E-state index contributed by atoms with van der Waals surface area (Å²) in [6, 6.07) is 2.65. The Labute approximate surface area is 102 Å². The molecule has 0 atom stereocenters. The zero-order chi connectivity index (χ0) is 10.7.